The molecule has 18 heavy (non-hydrogen) atoms. The summed E-state index contributed by atoms with van der Waals surface area (Å²) in [5, 5.41) is 3.85. The van der Waals surface area contributed by atoms with Crippen LogP contribution in [0.2, 0.25) is 5.02 Å². The lowest BCUT2D eigenvalue weighted by molar-refractivity contribution is 0.184. The Kier molecular flexibility index (Phi) is 5.33. The predicted octanol–water partition coefficient (Wildman–Crippen LogP) is 4.16. The van der Waals surface area contributed by atoms with Gasteiger partial charge in [0.25, 0.3) is 0 Å². The summed E-state index contributed by atoms with van der Waals surface area (Å²) < 4.78 is 6.05. The van der Waals surface area contributed by atoms with Gasteiger partial charge in [-0.1, -0.05) is 30.5 Å². The van der Waals surface area contributed by atoms with Gasteiger partial charge in [0.15, 0.2) is 0 Å². The fraction of sp³-hybridized carbons (Fsp3) is 0.600. The van der Waals surface area contributed by atoms with Crippen LogP contribution < -0.4 is 10.1 Å². The number of ether oxygens (including phenoxy) is 1. The second-order valence-corrected chi connectivity index (χ2v) is 5.43. The van der Waals surface area contributed by atoms with Gasteiger partial charge in [-0.25, -0.2) is 0 Å². The molecule has 0 aromatic heterocycles. The van der Waals surface area contributed by atoms with Crippen molar-refractivity contribution in [2.75, 3.05) is 7.05 Å². The summed E-state index contributed by atoms with van der Waals surface area (Å²) in [5.41, 5.74) is 1.19. The van der Waals surface area contributed by atoms with E-state index in [2.05, 4.69) is 11.4 Å². The Morgan fingerprint density at radius 1 is 1.22 bits per heavy atom. The fourth-order valence-electron chi connectivity index (χ4n) is 2.49. The van der Waals surface area contributed by atoms with Crippen molar-refractivity contribution in [3.05, 3.63) is 28.8 Å². The molecule has 2 rings (SSSR count). The lowest BCUT2D eigenvalue weighted by Gasteiger charge is -2.18. The summed E-state index contributed by atoms with van der Waals surface area (Å²) >= 11 is 6.27. The molecule has 0 spiro atoms. The standard InChI is InChI=1S/C15H22ClNO/c1-17-11-12-8-9-15(14(16)10-12)18-13-6-4-2-3-5-7-13/h8-10,13,17H,2-7,11H2,1H3. The predicted molar refractivity (Wildman–Crippen MR) is 76.3 cm³/mol. The summed E-state index contributed by atoms with van der Waals surface area (Å²) in [6, 6.07) is 6.07. The highest BCUT2D eigenvalue weighted by Crippen LogP contribution is 2.29. The molecular formula is C15H22ClNO. The van der Waals surface area contributed by atoms with Gasteiger partial charge in [-0.2, -0.15) is 0 Å². The van der Waals surface area contributed by atoms with Crippen LogP contribution in [0.5, 0.6) is 5.75 Å². The molecule has 1 aromatic carbocycles. The van der Waals surface area contributed by atoms with E-state index in [1.165, 1.54) is 31.2 Å². The molecule has 1 saturated carbocycles. The number of halogens is 1. The van der Waals surface area contributed by atoms with Gasteiger partial charge in [-0.3, -0.25) is 0 Å². The van der Waals surface area contributed by atoms with Crippen LogP contribution in [-0.4, -0.2) is 13.2 Å². The maximum absolute atomic E-state index is 6.27. The minimum atomic E-state index is 0.347. The van der Waals surface area contributed by atoms with Crippen molar-refractivity contribution in [2.45, 2.75) is 51.2 Å². The van der Waals surface area contributed by atoms with Crippen molar-refractivity contribution in [1.29, 1.82) is 0 Å². The van der Waals surface area contributed by atoms with Crippen LogP contribution in [0.25, 0.3) is 0 Å². The molecule has 0 saturated heterocycles. The number of rotatable bonds is 4. The molecule has 0 radical (unpaired) electrons. The number of hydrogen-bond acceptors (Lipinski definition) is 2. The van der Waals surface area contributed by atoms with Gasteiger partial charge in [0.2, 0.25) is 0 Å². The van der Waals surface area contributed by atoms with Crippen LogP contribution in [0, 0.1) is 0 Å². The largest absolute Gasteiger partial charge is 0.489 e. The summed E-state index contributed by atoms with van der Waals surface area (Å²) in [6.45, 7) is 0.837. The number of hydrogen-bond donors (Lipinski definition) is 1. The average Bonchev–Trinajstić information content (AvgIpc) is 2.62. The summed E-state index contributed by atoms with van der Waals surface area (Å²) in [5.74, 6) is 0.836. The normalized spacial score (nSPS) is 17.4. The first-order chi connectivity index (χ1) is 8.79. The molecule has 0 amide bonds. The second-order valence-electron chi connectivity index (χ2n) is 5.03. The Morgan fingerprint density at radius 2 is 1.94 bits per heavy atom. The Balaban J connectivity index is 1.99. The SMILES string of the molecule is CNCc1ccc(OC2CCCCCC2)c(Cl)c1. The van der Waals surface area contributed by atoms with Gasteiger partial charge in [-0.05, 0) is 50.4 Å². The highest BCUT2D eigenvalue weighted by molar-refractivity contribution is 6.32. The first-order valence-corrected chi connectivity index (χ1v) is 7.27. The average molecular weight is 268 g/mol. The van der Waals surface area contributed by atoms with E-state index in [-0.39, 0.29) is 0 Å². The van der Waals surface area contributed by atoms with Crippen LogP contribution in [0.15, 0.2) is 18.2 Å². The van der Waals surface area contributed by atoms with Gasteiger partial charge in [0.1, 0.15) is 5.75 Å². The minimum absolute atomic E-state index is 0.347. The Morgan fingerprint density at radius 3 is 2.56 bits per heavy atom. The molecule has 0 aliphatic heterocycles. The second kappa shape index (κ2) is 7.01. The molecule has 0 atom stereocenters. The van der Waals surface area contributed by atoms with Gasteiger partial charge < -0.3 is 10.1 Å². The highest BCUT2D eigenvalue weighted by atomic mass is 35.5. The third-order valence-electron chi connectivity index (χ3n) is 3.47. The zero-order chi connectivity index (χ0) is 12.8. The molecule has 0 unspecified atom stereocenters. The summed E-state index contributed by atoms with van der Waals surface area (Å²) in [4.78, 5) is 0. The summed E-state index contributed by atoms with van der Waals surface area (Å²) in [7, 11) is 1.93. The van der Waals surface area contributed by atoms with Crippen LogP contribution in [0.3, 0.4) is 0 Å². The van der Waals surface area contributed by atoms with Gasteiger partial charge in [0, 0.05) is 6.54 Å². The van der Waals surface area contributed by atoms with Crippen molar-refractivity contribution >= 4 is 11.6 Å². The van der Waals surface area contributed by atoms with Crippen LogP contribution >= 0.6 is 11.6 Å². The van der Waals surface area contributed by atoms with E-state index in [9.17, 15) is 0 Å². The Labute approximate surface area is 115 Å². The van der Waals surface area contributed by atoms with E-state index in [0.717, 1.165) is 30.2 Å². The summed E-state index contributed by atoms with van der Waals surface area (Å²) in [6.07, 6.45) is 7.91. The maximum atomic E-state index is 6.27. The lowest BCUT2D eigenvalue weighted by Crippen LogP contribution is -2.15. The van der Waals surface area contributed by atoms with Crippen molar-refractivity contribution < 1.29 is 4.74 Å². The Bertz CT molecular complexity index is 373. The van der Waals surface area contributed by atoms with Gasteiger partial charge in [-0.15, -0.1) is 0 Å². The molecule has 1 aliphatic carbocycles. The monoisotopic (exact) mass is 267 g/mol. The van der Waals surface area contributed by atoms with Crippen molar-refractivity contribution in [2.24, 2.45) is 0 Å². The number of nitrogens with one attached hydrogen (secondary N) is 1. The Hall–Kier alpha value is -0.730. The molecule has 1 fully saturated rings. The molecule has 2 nitrogen and oxygen atoms in total. The van der Waals surface area contributed by atoms with Crippen molar-refractivity contribution in [3.8, 4) is 5.75 Å². The van der Waals surface area contributed by atoms with E-state index in [0.29, 0.717) is 6.10 Å². The van der Waals surface area contributed by atoms with Crippen molar-refractivity contribution in [3.63, 3.8) is 0 Å². The van der Waals surface area contributed by atoms with E-state index < -0.39 is 0 Å². The quantitative estimate of drug-likeness (QED) is 0.827. The van der Waals surface area contributed by atoms with Gasteiger partial charge in [0.05, 0.1) is 11.1 Å². The fourth-order valence-corrected chi connectivity index (χ4v) is 2.74. The highest BCUT2D eigenvalue weighted by Gasteiger charge is 2.15. The smallest absolute Gasteiger partial charge is 0.138 e. The van der Waals surface area contributed by atoms with E-state index in [4.69, 9.17) is 16.3 Å². The van der Waals surface area contributed by atoms with Crippen LogP contribution in [-0.2, 0) is 6.54 Å². The molecular weight excluding hydrogens is 246 g/mol. The molecule has 0 heterocycles. The van der Waals surface area contributed by atoms with Crippen LogP contribution in [0.4, 0.5) is 0 Å². The minimum Gasteiger partial charge on any atom is -0.489 e. The lowest BCUT2D eigenvalue weighted by atomic mass is 10.1. The topological polar surface area (TPSA) is 21.3 Å². The molecule has 1 aromatic rings. The zero-order valence-corrected chi connectivity index (χ0v) is 11.8. The first kappa shape index (κ1) is 13.7. The molecule has 100 valence electrons. The van der Waals surface area contributed by atoms with E-state index >= 15 is 0 Å². The molecule has 0 bridgehead atoms. The van der Waals surface area contributed by atoms with Gasteiger partial charge >= 0.3 is 0 Å². The zero-order valence-electron chi connectivity index (χ0n) is 11.0. The number of benzene rings is 1. The van der Waals surface area contributed by atoms with E-state index in [1.807, 2.05) is 19.2 Å². The van der Waals surface area contributed by atoms with E-state index in [1.54, 1.807) is 0 Å². The molecule has 1 N–H and O–H groups in total. The van der Waals surface area contributed by atoms with Crippen LogP contribution in [0.1, 0.15) is 44.1 Å². The third-order valence-corrected chi connectivity index (χ3v) is 3.77. The van der Waals surface area contributed by atoms with Crippen molar-refractivity contribution in [1.82, 2.24) is 5.32 Å². The molecule has 1 aliphatic rings. The third kappa shape index (κ3) is 3.89. The first-order valence-electron chi connectivity index (χ1n) is 6.89. The molecule has 3 heteroatoms. The maximum Gasteiger partial charge on any atom is 0.138 e.